The molecule has 3 heterocycles. The first-order valence-electron chi connectivity index (χ1n) is 10.2. The van der Waals surface area contributed by atoms with Gasteiger partial charge in [0.05, 0.1) is 6.10 Å². The van der Waals surface area contributed by atoms with Gasteiger partial charge in [-0.1, -0.05) is 32.0 Å². The molecular formula is C22H27N3O4. The van der Waals surface area contributed by atoms with Crippen molar-refractivity contribution in [1.82, 2.24) is 14.8 Å². The van der Waals surface area contributed by atoms with E-state index in [1.165, 1.54) is 0 Å². The molecule has 7 heteroatoms. The third-order valence-corrected chi connectivity index (χ3v) is 5.89. The number of benzene rings is 1. The largest absolute Gasteiger partial charge is 0.368 e. The molecule has 0 aliphatic carbocycles. The average molecular weight is 397 g/mol. The van der Waals surface area contributed by atoms with Gasteiger partial charge in [0.15, 0.2) is 5.78 Å². The van der Waals surface area contributed by atoms with Crippen molar-refractivity contribution in [2.75, 3.05) is 13.2 Å². The molecule has 1 aromatic carbocycles. The van der Waals surface area contributed by atoms with Gasteiger partial charge in [-0.05, 0) is 30.9 Å². The Morgan fingerprint density at radius 3 is 2.76 bits per heavy atom. The van der Waals surface area contributed by atoms with Crippen LogP contribution in [0.1, 0.15) is 37.2 Å². The van der Waals surface area contributed by atoms with Crippen LogP contribution in [0.4, 0.5) is 0 Å². The summed E-state index contributed by atoms with van der Waals surface area (Å²) in [5, 5.41) is 3.91. The number of likely N-dealkylation sites (tertiary alicyclic amines) is 1. The number of carbonyl (C=O) groups excluding carboxylic acids is 3. The molecule has 3 atom stereocenters. The fourth-order valence-electron chi connectivity index (χ4n) is 4.47. The summed E-state index contributed by atoms with van der Waals surface area (Å²) in [6.07, 6.45) is 0.963. The second-order valence-electron chi connectivity index (χ2n) is 8.38. The van der Waals surface area contributed by atoms with Crippen molar-refractivity contribution in [2.45, 2.75) is 44.9 Å². The zero-order valence-corrected chi connectivity index (χ0v) is 17.1. The molecule has 2 aliphatic heterocycles. The average Bonchev–Trinajstić information content (AvgIpc) is 3.36. The van der Waals surface area contributed by atoms with E-state index in [0.29, 0.717) is 25.1 Å². The topological polar surface area (TPSA) is 80.6 Å². The van der Waals surface area contributed by atoms with E-state index in [1.54, 1.807) is 4.90 Å². The highest BCUT2D eigenvalue weighted by Crippen LogP contribution is 2.28. The van der Waals surface area contributed by atoms with Gasteiger partial charge in [-0.15, -0.1) is 0 Å². The first kappa shape index (κ1) is 19.6. The van der Waals surface area contributed by atoms with Crippen LogP contribution in [0.15, 0.2) is 30.3 Å². The molecule has 1 aromatic heterocycles. The SMILES string of the molecule is CC(C)C[C@H](NC(=O)c1cc2ccccc2n1C)C(=O)N1CC[C@H]2OCC(=O)[C@H]21. The van der Waals surface area contributed by atoms with E-state index in [4.69, 9.17) is 4.74 Å². The summed E-state index contributed by atoms with van der Waals surface area (Å²) in [7, 11) is 1.84. The molecule has 7 nitrogen and oxygen atoms in total. The number of Topliss-reactive ketones (excluding diaryl/α,β-unsaturated/α-hetero) is 1. The Kier molecular flexibility index (Phi) is 5.17. The summed E-state index contributed by atoms with van der Waals surface area (Å²) < 4.78 is 7.33. The van der Waals surface area contributed by atoms with Crippen molar-refractivity contribution in [2.24, 2.45) is 13.0 Å². The Morgan fingerprint density at radius 2 is 2.03 bits per heavy atom. The standard InChI is InChI=1S/C22H27N3O4/c1-13(2)10-15(22(28)25-9-8-19-20(25)18(26)12-29-19)23-21(27)17-11-14-6-4-5-7-16(14)24(17)3/h4-7,11,13,15,19-20H,8-10,12H2,1-3H3,(H,23,27)/t15-,19+,20+/m0/s1. The van der Waals surface area contributed by atoms with Crippen LogP contribution in [0.2, 0.25) is 0 Å². The van der Waals surface area contributed by atoms with Gasteiger partial charge in [0, 0.05) is 24.5 Å². The monoisotopic (exact) mass is 397 g/mol. The summed E-state index contributed by atoms with van der Waals surface area (Å²) in [5.74, 6) is -0.320. The number of nitrogens with one attached hydrogen (secondary N) is 1. The Labute approximate surface area is 170 Å². The van der Waals surface area contributed by atoms with Crippen molar-refractivity contribution in [3.05, 3.63) is 36.0 Å². The van der Waals surface area contributed by atoms with Gasteiger partial charge in [0.25, 0.3) is 5.91 Å². The lowest BCUT2D eigenvalue weighted by Crippen LogP contribution is -2.52. The van der Waals surface area contributed by atoms with Gasteiger partial charge in [-0.3, -0.25) is 14.4 Å². The van der Waals surface area contributed by atoms with Crippen LogP contribution in [0.25, 0.3) is 10.9 Å². The summed E-state index contributed by atoms with van der Waals surface area (Å²) in [5.41, 5.74) is 1.47. The minimum Gasteiger partial charge on any atom is -0.368 e. The van der Waals surface area contributed by atoms with Crippen molar-refractivity contribution in [3.8, 4) is 0 Å². The van der Waals surface area contributed by atoms with Gasteiger partial charge in [0.2, 0.25) is 5.91 Å². The lowest BCUT2D eigenvalue weighted by molar-refractivity contribution is -0.138. The van der Waals surface area contributed by atoms with Crippen LogP contribution in [-0.2, 0) is 21.4 Å². The zero-order chi connectivity index (χ0) is 20.7. The number of para-hydroxylation sites is 1. The highest BCUT2D eigenvalue weighted by Gasteiger charge is 2.48. The normalized spacial score (nSPS) is 22.3. The molecule has 4 rings (SSSR count). The number of aromatic nitrogens is 1. The van der Waals surface area contributed by atoms with Crippen LogP contribution < -0.4 is 5.32 Å². The summed E-state index contributed by atoms with van der Waals surface area (Å²) in [6.45, 7) is 4.58. The van der Waals surface area contributed by atoms with Crippen molar-refractivity contribution in [3.63, 3.8) is 0 Å². The Morgan fingerprint density at radius 1 is 1.28 bits per heavy atom. The number of fused-ring (bicyclic) bond motifs is 2. The van der Waals surface area contributed by atoms with Crippen LogP contribution in [-0.4, -0.2) is 58.4 Å². The van der Waals surface area contributed by atoms with Crippen molar-refractivity contribution < 1.29 is 19.1 Å². The maximum Gasteiger partial charge on any atom is 0.268 e. The van der Waals surface area contributed by atoms with Gasteiger partial charge >= 0.3 is 0 Å². The predicted molar refractivity (Wildman–Crippen MR) is 108 cm³/mol. The molecule has 2 aliphatic rings. The number of amides is 2. The zero-order valence-electron chi connectivity index (χ0n) is 17.1. The van der Waals surface area contributed by atoms with Crippen molar-refractivity contribution in [1.29, 1.82) is 0 Å². The Balaban J connectivity index is 1.56. The molecule has 2 saturated heterocycles. The van der Waals surface area contributed by atoms with Crippen LogP contribution in [0.5, 0.6) is 0 Å². The molecular weight excluding hydrogens is 370 g/mol. The molecule has 0 unspecified atom stereocenters. The minimum absolute atomic E-state index is 0.0517. The molecule has 0 bridgehead atoms. The molecule has 2 amide bonds. The van der Waals surface area contributed by atoms with E-state index in [2.05, 4.69) is 5.32 Å². The second-order valence-corrected chi connectivity index (χ2v) is 8.38. The summed E-state index contributed by atoms with van der Waals surface area (Å²) >= 11 is 0. The number of ether oxygens (including phenoxy) is 1. The predicted octanol–water partition coefficient (Wildman–Crippen LogP) is 1.89. The van der Waals surface area contributed by atoms with E-state index >= 15 is 0 Å². The van der Waals surface area contributed by atoms with Crippen LogP contribution in [0, 0.1) is 5.92 Å². The Bertz CT molecular complexity index is 964. The maximum absolute atomic E-state index is 13.3. The Hall–Kier alpha value is -2.67. The number of aryl methyl sites for hydroxylation is 1. The maximum atomic E-state index is 13.3. The van der Waals surface area contributed by atoms with Crippen molar-refractivity contribution >= 4 is 28.5 Å². The number of ketones is 1. The first-order chi connectivity index (χ1) is 13.9. The number of hydrogen-bond donors (Lipinski definition) is 1. The molecule has 154 valence electrons. The van der Waals surface area contributed by atoms with Gasteiger partial charge in [-0.2, -0.15) is 0 Å². The fourth-order valence-corrected chi connectivity index (χ4v) is 4.47. The van der Waals surface area contributed by atoms with Gasteiger partial charge < -0.3 is 19.5 Å². The number of hydrogen-bond acceptors (Lipinski definition) is 4. The van der Waals surface area contributed by atoms with Crippen LogP contribution in [0.3, 0.4) is 0 Å². The first-order valence-corrected chi connectivity index (χ1v) is 10.2. The fraction of sp³-hybridized carbons (Fsp3) is 0.500. The third-order valence-electron chi connectivity index (χ3n) is 5.89. The second kappa shape index (κ2) is 7.63. The molecule has 0 saturated carbocycles. The molecule has 0 spiro atoms. The van der Waals surface area contributed by atoms with E-state index in [0.717, 1.165) is 10.9 Å². The quantitative estimate of drug-likeness (QED) is 0.836. The highest BCUT2D eigenvalue weighted by atomic mass is 16.5. The van der Waals surface area contributed by atoms with Gasteiger partial charge in [-0.25, -0.2) is 0 Å². The number of carbonyl (C=O) groups is 3. The van der Waals surface area contributed by atoms with E-state index in [-0.39, 0.29) is 36.2 Å². The van der Waals surface area contributed by atoms with Crippen LogP contribution >= 0.6 is 0 Å². The molecule has 1 N–H and O–H groups in total. The van der Waals surface area contributed by atoms with Gasteiger partial charge in [0.1, 0.15) is 24.4 Å². The molecule has 29 heavy (non-hydrogen) atoms. The van der Waals surface area contributed by atoms with E-state index < -0.39 is 12.1 Å². The lowest BCUT2D eigenvalue weighted by Gasteiger charge is -2.28. The number of rotatable bonds is 5. The third kappa shape index (κ3) is 3.55. The molecule has 2 aromatic rings. The smallest absolute Gasteiger partial charge is 0.268 e. The lowest BCUT2D eigenvalue weighted by atomic mass is 10.0. The molecule has 2 fully saturated rings. The minimum atomic E-state index is -0.673. The van der Waals surface area contributed by atoms with E-state index in [1.807, 2.05) is 55.8 Å². The van der Waals surface area contributed by atoms with E-state index in [9.17, 15) is 14.4 Å². The summed E-state index contributed by atoms with van der Waals surface area (Å²) in [6, 6.07) is 8.43. The summed E-state index contributed by atoms with van der Waals surface area (Å²) in [4.78, 5) is 40.1. The number of nitrogens with zero attached hydrogens (tertiary/aromatic N) is 2. The highest BCUT2D eigenvalue weighted by molar-refractivity contribution is 6.01. The molecule has 0 radical (unpaired) electrons.